The monoisotopic (exact) mass is 304 g/mol. The number of esters is 1. The fourth-order valence-electron chi connectivity index (χ4n) is 2.18. The fraction of sp³-hybridized carbons (Fsp3) is 0.438. The topological polar surface area (TPSA) is 68.7 Å². The number of rotatable bonds is 2. The molecule has 2 rings (SSSR count). The molecule has 1 aromatic heterocycles. The van der Waals surface area contributed by atoms with Gasteiger partial charge in [0.25, 0.3) is 0 Å². The summed E-state index contributed by atoms with van der Waals surface area (Å²) in [5.74, 6) is -0.491. The highest BCUT2D eigenvalue weighted by atomic mass is 16.6. The quantitative estimate of drug-likeness (QED) is 0.784. The van der Waals surface area contributed by atoms with E-state index in [1.807, 2.05) is 12.1 Å². The van der Waals surface area contributed by atoms with E-state index < -0.39 is 23.7 Å². The zero-order valence-corrected chi connectivity index (χ0v) is 13.2. The summed E-state index contributed by atoms with van der Waals surface area (Å²) < 4.78 is 10.1. The normalized spacial score (nSPS) is 17.9. The summed E-state index contributed by atoms with van der Waals surface area (Å²) in [6.45, 7) is 5.64. The van der Waals surface area contributed by atoms with Gasteiger partial charge in [0, 0.05) is 12.4 Å². The van der Waals surface area contributed by atoms with Crippen LogP contribution in [0, 0.1) is 0 Å². The molecule has 0 saturated heterocycles. The van der Waals surface area contributed by atoms with E-state index in [1.165, 1.54) is 12.0 Å². The number of hydrogen-bond acceptors (Lipinski definition) is 5. The van der Waals surface area contributed by atoms with E-state index in [-0.39, 0.29) is 0 Å². The lowest BCUT2D eigenvalue weighted by atomic mass is 10.1. The number of ether oxygens (including phenoxy) is 2. The minimum atomic E-state index is -0.775. The first-order valence-corrected chi connectivity index (χ1v) is 7.00. The Hall–Kier alpha value is -2.37. The van der Waals surface area contributed by atoms with Gasteiger partial charge in [0.1, 0.15) is 5.60 Å². The van der Waals surface area contributed by atoms with Gasteiger partial charge in [-0.15, -0.1) is 0 Å². The Morgan fingerprint density at radius 2 is 1.91 bits per heavy atom. The molecular formula is C16H20N2O4. The summed E-state index contributed by atoms with van der Waals surface area (Å²) in [7, 11) is 1.30. The summed E-state index contributed by atoms with van der Waals surface area (Å²) in [5.41, 5.74) is 1.15. The molecule has 0 aromatic carbocycles. The third kappa shape index (κ3) is 3.63. The highest BCUT2D eigenvalue weighted by Crippen LogP contribution is 2.27. The maximum absolute atomic E-state index is 12.3. The van der Waals surface area contributed by atoms with Crippen molar-refractivity contribution in [3.8, 4) is 0 Å². The van der Waals surface area contributed by atoms with Gasteiger partial charge in [-0.05, 0) is 50.1 Å². The molecule has 22 heavy (non-hydrogen) atoms. The molecule has 1 aliphatic heterocycles. The van der Waals surface area contributed by atoms with Crippen molar-refractivity contribution in [1.82, 2.24) is 9.88 Å². The second-order valence-electron chi connectivity index (χ2n) is 6.00. The van der Waals surface area contributed by atoms with Crippen LogP contribution in [0.15, 0.2) is 30.6 Å². The van der Waals surface area contributed by atoms with Crippen molar-refractivity contribution < 1.29 is 19.1 Å². The van der Waals surface area contributed by atoms with Crippen molar-refractivity contribution in [1.29, 1.82) is 0 Å². The zero-order chi connectivity index (χ0) is 16.3. The summed E-state index contributed by atoms with van der Waals surface area (Å²) in [4.78, 5) is 29.6. The molecule has 0 fully saturated rings. The van der Waals surface area contributed by atoms with Gasteiger partial charge in [-0.2, -0.15) is 0 Å². The third-order valence-electron chi connectivity index (χ3n) is 3.16. The summed E-state index contributed by atoms with van der Waals surface area (Å²) >= 11 is 0. The van der Waals surface area contributed by atoms with Crippen LogP contribution in [-0.4, -0.2) is 47.2 Å². The molecule has 0 aliphatic carbocycles. The van der Waals surface area contributed by atoms with Crippen LogP contribution >= 0.6 is 0 Å². The standard InChI is InChI=1S/C16H20N2O4/c1-16(2,3)22-15(20)18-10-12(9-13(18)14(19)21-4)11-5-7-17-8-6-11/h5-9,13H,10H2,1-4H3/t13-/m0/s1. The van der Waals surface area contributed by atoms with Crippen molar-refractivity contribution >= 4 is 17.6 Å². The van der Waals surface area contributed by atoms with Gasteiger partial charge in [-0.25, -0.2) is 9.59 Å². The van der Waals surface area contributed by atoms with Crippen molar-refractivity contribution in [2.75, 3.05) is 13.7 Å². The highest BCUT2D eigenvalue weighted by molar-refractivity contribution is 5.90. The first-order valence-electron chi connectivity index (χ1n) is 7.00. The number of methoxy groups -OCH3 is 1. The first kappa shape index (κ1) is 16.0. The Morgan fingerprint density at radius 3 is 2.45 bits per heavy atom. The van der Waals surface area contributed by atoms with Crippen LogP contribution in [-0.2, 0) is 14.3 Å². The summed E-state index contributed by atoms with van der Waals surface area (Å²) in [6.07, 6.45) is 4.52. The van der Waals surface area contributed by atoms with Gasteiger partial charge >= 0.3 is 12.1 Å². The number of pyridine rings is 1. The van der Waals surface area contributed by atoms with E-state index in [1.54, 1.807) is 39.2 Å². The maximum atomic E-state index is 12.3. The lowest BCUT2D eigenvalue weighted by Crippen LogP contribution is -2.44. The lowest BCUT2D eigenvalue weighted by molar-refractivity contribution is -0.144. The molecule has 0 saturated carbocycles. The predicted molar refractivity (Wildman–Crippen MR) is 81.0 cm³/mol. The molecule has 1 aliphatic rings. The third-order valence-corrected chi connectivity index (χ3v) is 3.16. The molecule has 118 valence electrons. The summed E-state index contributed by atoms with van der Waals surface area (Å²) in [6, 6.07) is 2.89. The van der Waals surface area contributed by atoms with E-state index in [4.69, 9.17) is 9.47 Å². The van der Waals surface area contributed by atoms with Gasteiger partial charge in [0.2, 0.25) is 0 Å². The molecule has 0 N–H and O–H groups in total. The first-order chi connectivity index (χ1) is 10.3. The lowest BCUT2D eigenvalue weighted by Gasteiger charge is -2.27. The number of nitrogens with zero attached hydrogens (tertiary/aromatic N) is 2. The largest absolute Gasteiger partial charge is 0.467 e. The molecule has 1 atom stereocenters. The molecule has 2 heterocycles. The zero-order valence-electron chi connectivity index (χ0n) is 13.2. The number of carbonyl (C=O) groups excluding carboxylic acids is 2. The van der Waals surface area contributed by atoms with Crippen molar-refractivity contribution in [3.05, 3.63) is 36.2 Å². The van der Waals surface area contributed by atoms with Gasteiger partial charge in [0.15, 0.2) is 6.04 Å². The Morgan fingerprint density at radius 1 is 1.27 bits per heavy atom. The molecule has 0 radical (unpaired) electrons. The van der Waals surface area contributed by atoms with Crippen LogP contribution in [0.25, 0.3) is 5.57 Å². The smallest absolute Gasteiger partial charge is 0.411 e. The average Bonchev–Trinajstić information content (AvgIpc) is 2.91. The molecule has 1 aromatic rings. The van der Waals surface area contributed by atoms with E-state index in [0.717, 1.165) is 11.1 Å². The predicted octanol–water partition coefficient (Wildman–Crippen LogP) is 2.26. The van der Waals surface area contributed by atoms with Crippen LogP contribution in [0.1, 0.15) is 26.3 Å². The van der Waals surface area contributed by atoms with E-state index >= 15 is 0 Å². The maximum Gasteiger partial charge on any atom is 0.411 e. The van der Waals surface area contributed by atoms with Crippen molar-refractivity contribution in [2.24, 2.45) is 0 Å². The molecular weight excluding hydrogens is 284 g/mol. The van der Waals surface area contributed by atoms with Crippen LogP contribution < -0.4 is 0 Å². The van der Waals surface area contributed by atoms with Crippen molar-refractivity contribution in [2.45, 2.75) is 32.4 Å². The Balaban J connectivity index is 2.25. The average molecular weight is 304 g/mol. The fourth-order valence-corrected chi connectivity index (χ4v) is 2.18. The van der Waals surface area contributed by atoms with Crippen LogP contribution in [0.2, 0.25) is 0 Å². The van der Waals surface area contributed by atoms with E-state index in [2.05, 4.69) is 4.98 Å². The Kier molecular flexibility index (Phi) is 4.49. The molecule has 1 amide bonds. The highest BCUT2D eigenvalue weighted by Gasteiger charge is 2.37. The molecule has 6 nitrogen and oxygen atoms in total. The van der Waals surface area contributed by atoms with Gasteiger partial charge in [-0.3, -0.25) is 9.88 Å². The minimum absolute atomic E-state index is 0.290. The molecule has 0 bridgehead atoms. The van der Waals surface area contributed by atoms with Crippen LogP contribution in [0.4, 0.5) is 4.79 Å². The number of carbonyl (C=O) groups is 2. The molecule has 6 heteroatoms. The van der Waals surface area contributed by atoms with Crippen LogP contribution in [0.3, 0.4) is 0 Å². The number of amides is 1. The van der Waals surface area contributed by atoms with E-state index in [9.17, 15) is 9.59 Å². The SMILES string of the molecule is COC(=O)[C@@H]1C=C(c2ccncc2)CN1C(=O)OC(C)(C)C. The second kappa shape index (κ2) is 6.17. The summed E-state index contributed by atoms with van der Waals surface area (Å²) in [5, 5.41) is 0. The Labute approximate surface area is 129 Å². The van der Waals surface area contributed by atoms with Gasteiger partial charge < -0.3 is 9.47 Å². The van der Waals surface area contributed by atoms with Crippen molar-refractivity contribution in [3.63, 3.8) is 0 Å². The van der Waals surface area contributed by atoms with E-state index in [0.29, 0.717) is 6.54 Å². The van der Waals surface area contributed by atoms with Gasteiger partial charge in [-0.1, -0.05) is 0 Å². The number of aromatic nitrogens is 1. The second-order valence-corrected chi connectivity index (χ2v) is 6.00. The van der Waals surface area contributed by atoms with Crippen LogP contribution in [0.5, 0.6) is 0 Å². The Bertz CT molecular complexity index is 590. The molecule has 0 unspecified atom stereocenters. The number of hydrogen-bond donors (Lipinski definition) is 0. The minimum Gasteiger partial charge on any atom is -0.467 e. The molecule has 0 spiro atoms. The van der Waals surface area contributed by atoms with Gasteiger partial charge in [0.05, 0.1) is 13.7 Å².